The van der Waals surface area contributed by atoms with Gasteiger partial charge in [0.25, 0.3) is 5.91 Å². The Labute approximate surface area is 229 Å². The molecule has 0 spiro atoms. The number of carbonyl (C=O) groups excluding carboxylic acids is 1. The van der Waals surface area contributed by atoms with Gasteiger partial charge in [-0.25, -0.2) is 15.0 Å². The second kappa shape index (κ2) is 11.1. The highest BCUT2D eigenvalue weighted by Crippen LogP contribution is 2.38. The third-order valence-corrected chi connectivity index (χ3v) is 7.11. The lowest BCUT2D eigenvalue weighted by atomic mass is 10.1. The second-order valence-electron chi connectivity index (χ2n) is 8.88. The fourth-order valence-corrected chi connectivity index (χ4v) is 4.75. The number of amides is 1. The van der Waals surface area contributed by atoms with E-state index in [9.17, 15) is 9.90 Å². The number of anilines is 3. The molecule has 2 heterocycles. The maximum atomic E-state index is 12.8. The number of pyridine rings is 1. The number of hydrogen-bond donors (Lipinski definition) is 3. The lowest BCUT2D eigenvalue weighted by molar-refractivity contribution is 0.102. The zero-order chi connectivity index (χ0) is 26.6. The molecule has 5 aromatic rings. The molecule has 0 aliphatic rings. The van der Waals surface area contributed by atoms with Crippen LogP contribution in [0.3, 0.4) is 0 Å². The van der Waals surface area contributed by atoms with Crippen LogP contribution in [0.25, 0.3) is 11.0 Å². The summed E-state index contributed by atoms with van der Waals surface area (Å²) in [7, 11) is 0. The molecule has 0 unspecified atom stereocenters. The average molecular weight is 542 g/mol. The summed E-state index contributed by atoms with van der Waals surface area (Å²) in [5.74, 6) is 0.838. The highest BCUT2D eigenvalue weighted by Gasteiger charge is 2.14. The van der Waals surface area contributed by atoms with Gasteiger partial charge >= 0.3 is 0 Å². The summed E-state index contributed by atoms with van der Waals surface area (Å²) >= 11 is 7.48. The van der Waals surface area contributed by atoms with E-state index in [2.05, 4.69) is 39.4 Å². The molecule has 190 valence electrons. The van der Waals surface area contributed by atoms with Gasteiger partial charge in [-0.05, 0) is 84.8 Å². The van der Waals surface area contributed by atoms with Gasteiger partial charge in [0, 0.05) is 31.8 Å². The van der Waals surface area contributed by atoms with Crippen molar-refractivity contribution in [1.29, 1.82) is 0 Å². The molecular weight excluding hydrogens is 518 g/mol. The average Bonchev–Trinajstić information content (AvgIpc) is 2.91. The first-order chi connectivity index (χ1) is 18.4. The van der Waals surface area contributed by atoms with Crippen LogP contribution in [0.4, 0.5) is 17.2 Å². The minimum absolute atomic E-state index is 0.202. The molecular formula is C29H24ClN5O2S. The molecule has 3 N–H and O–H groups in total. The molecule has 5 rings (SSSR count). The molecule has 0 saturated heterocycles. The van der Waals surface area contributed by atoms with Gasteiger partial charge in [-0.3, -0.25) is 4.79 Å². The second-order valence-corrected chi connectivity index (χ2v) is 10.4. The first-order valence-electron chi connectivity index (χ1n) is 11.9. The number of fused-ring (bicyclic) bond motifs is 1. The van der Waals surface area contributed by atoms with Gasteiger partial charge < -0.3 is 15.7 Å². The highest BCUT2D eigenvalue weighted by atomic mass is 35.5. The summed E-state index contributed by atoms with van der Waals surface area (Å²) in [5, 5.41) is 17.4. The van der Waals surface area contributed by atoms with Gasteiger partial charge in [-0.1, -0.05) is 37.2 Å². The molecule has 1 amide bonds. The summed E-state index contributed by atoms with van der Waals surface area (Å²) in [6.07, 6.45) is 1.49. The fraction of sp³-hybridized carbons (Fsp3) is 0.103. The van der Waals surface area contributed by atoms with E-state index in [1.165, 1.54) is 18.1 Å². The predicted octanol–water partition coefficient (Wildman–Crippen LogP) is 7.65. The van der Waals surface area contributed by atoms with Crippen LogP contribution in [0, 0.1) is 0 Å². The van der Waals surface area contributed by atoms with Crippen molar-refractivity contribution in [2.24, 2.45) is 0 Å². The van der Waals surface area contributed by atoms with Crippen LogP contribution in [0.1, 0.15) is 35.8 Å². The van der Waals surface area contributed by atoms with Crippen LogP contribution in [0.2, 0.25) is 5.02 Å². The number of aromatic hydroxyl groups is 1. The van der Waals surface area contributed by atoms with E-state index in [1.807, 2.05) is 42.5 Å². The Morgan fingerprint density at radius 3 is 2.45 bits per heavy atom. The van der Waals surface area contributed by atoms with Crippen LogP contribution in [-0.2, 0) is 0 Å². The van der Waals surface area contributed by atoms with Crippen LogP contribution in [0.15, 0.2) is 95.0 Å². The number of carbonyl (C=O) groups is 1. The molecule has 0 aliphatic heterocycles. The standard InChI is InChI=1S/C29H24ClN5O2S/c1-17(2)24-13-12-23-27(34-24)31-16-32-28(23)35-25-15-20(33-29(37)18-3-5-19(30)6-4-18)7-14-26(25)38-22-10-8-21(36)9-11-22/h3-17,36H,1-2H3,(H,33,37)(H,31,32,34,35). The largest absolute Gasteiger partial charge is 0.508 e. The molecule has 38 heavy (non-hydrogen) atoms. The number of halogens is 1. The Hall–Kier alpha value is -4.14. The van der Waals surface area contributed by atoms with Crippen molar-refractivity contribution in [1.82, 2.24) is 15.0 Å². The van der Waals surface area contributed by atoms with E-state index >= 15 is 0 Å². The Kier molecular flexibility index (Phi) is 7.44. The normalized spacial score (nSPS) is 11.1. The summed E-state index contributed by atoms with van der Waals surface area (Å²) in [6.45, 7) is 4.18. The quantitative estimate of drug-likeness (QED) is 0.194. The summed E-state index contributed by atoms with van der Waals surface area (Å²) in [6, 6.07) is 23.3. The molecule has 0 radical (unpaired) electrons. The van der Waals surface area contributed by atoms with Crippen molar-refractivity contribution in [3.05, 3.63) is 101 Å². The molecule has 0 fully saturated rings. The molecule has 0 bridgehead atoms. The number of aromatic nitrogens is 3. The Morgan fingerprint density at radius 2 is 1.71 bits per heavy atom. The van der Waals surface area contributed by atoms with E-state index in [4.69, 9.17) is 11.6 Å². The van der Waals surface area contributed by atoms with Crippen molar-refractivity contribution in [3.63, 3.8) is 0 Å². The van der Waals surface area contributed by atoms with E-state index < -0.39 is 0 Å². The van der Waals surface area contributed by atoms with Gasteiger partial charge in [-0.2, -0.15) is 0 Å². The van der Waals surface area contributed by atoms with Crippen molar-refractivity contribution >= 4 is 57.5 Å². The summed E-state index contributed by atoms with van der Waals surface area (Å²) < 4.78 is 0. The van der Waals surface area contributed by atoms with Gasteiger partial charge in [0.15, 0.2) is 5.65 Å². The number of hydrogen-bond acceptors (Lipinski definition) is 7. The van der Waals surface area contributed by atoms with Crippen molar-refractivity contribution < 1.29 is 9.90 Å². The van der Waals surface area contributed by atoms with Gasteiger partial charge in [0.1, 0.15) is 17.9 Å². The number of phenols is 1. The van der Waals surface area contributed by atoms with Crippen LogP contribution in [-0.4, -0.2) is 26.0 Å². The van der Waals surface area contributed by atoms with Crippen molar-refractivity contribution in [3.8, 4) is 5.75 Å². The first kappa shape index (κ1) is 25.5. The lowest BCUT2D eigenvalue weighted by Crippen LogP contribution is -2.12. The maximum absolute atomic E-state index is 12.8. The van der Waals surface area contributed by atoms with Crippen molar-refractivity contribution in [2.45, 2.75) is 29.6 Å². The topological polar surface area (TPSA) is 100 Å². The zero-order valence-corrected chi connectivity index (χ0v) is 22.2. The molecule has 7 nitrogen and oxygen atoms in total. The Balaban J connectivity index is 1.50. The van der Waals surface area contributed by atoms with Gasteiger partial charge in [0.05, 0.1) is 11.1 Å². The van der Waals surface area contributed by atoms with Crippen LogP contribution >= 0.6 is 23.4 Å². The molecule has 9 heteroatoms. The molecule has 3 aromatic carbocycles. The van der Waals surface area contributed by atoms with E-state index in [0.29, 0.717) is 27.7 Å². The number of benzene rings is 3. The Bertz CT molecular complexity index is 1610. The van der Waals surface area contributed by atoms with Crippen LogP contribution < -0.4 is 10.6 Å². The third kappa shape index (κ3) is 5.88. The molecule has 2 aromatic heterocycles. The van der Waals surface area contributed by atoms with E-state index in [0.717, 1.165) is 26.6 Å². The first-order valence-corrected chi connectivity index (χ1v) is 13.1. The molecule has 0 saturated carbocycles. The smallest absolute Gasteiger partial charge is 0.255 e. The summed E-state index contributed by atoms with van der Waals surface area (Å²) in [4.78, 5) is 28.2. The van der Waals surface area contributed by atoms with Crippen LogP contribution in [0.5, 0.6) is 5.75 Å². The zero-order valence-electron chi connectivity index (χ0n) is 20.6. The predicted molar refractivity (Wildman–Crippen MR) is 153 cm³/mol. The lowest BCUT2D eigenvalue weighted by Gasteiger charge is -2.15. The number of nitrogens with zero attached hydrogens (tertiary/aromatic N) is 3. The number of rotatable bonds is 7. The number of nitrogens with one attached hydrogen (secondary N) is 2. The van der Waals surface area contributed by atoms with Crippen molar-refractivity contribution in [2.75, 3.05) is 10.6 Å². The highest BCUT2D eigenvalue weighted by molar-refractivity contribution is 7.99. The molecule has 0 aliphatic carbocycles. The summed E-state index contributed by atoms with van der Waals surface area (Å²) in [5.41, 5.74) is 3.41. The van der Waals surface area contributed by atoms with E-state index in [-0.39, 0.29) is 17.6 Å². The maximum Gasteiger partial charge on any atom is 0.255 e. The SMILES string of the molecule is CC(C)c1ccc2c(Nc3cc(NC(=O)c4ccc(Cl)cc4)ccc3Sc3ccc(O)cc3)ncnc2n1. The minimum atomic E-state index is -0.246. The fourth-order valence-electron chi connectivity index (χ4n) is 3.75. The van der Waals surface area contributed by atoms with E-state index in [1.54, 1.807) is 36.4 Å². The number of phenolic OH excluding ortho intramolecular Hbond substituents is 1. The van der Waals surface area contributed by atoms with Gasteiger partial charge in [-0.15, -0.1) is 0 Å². The van der Waals surface area contributed by atoms with Gasteiger partial charge in [0.2, 0.25) is 0 Å². The third-order valence-electron chi connectivity index (χ3n) is 5.77. The Morgan fingerprint density at radius 1 is 0.947 bits per heavy atom. The molecule has 0 atom stereocenters. The monoisotopic (exact) mass is 541 g/mol. The minimum Gasteiger partial charge on any atom is -0.508 e.